The molecule has 0 unspecified atom stereocenters. The lowest BCUT2D eigenvalue weighted by Gasteiger charge is -2.12. The van der Waals surface area contributed by atoms with E-state index in [-0.39, 0.29) is 0 Å². The van der Waals surface area contributed by atoms with Crippen LogP contribution >= 0.6 is 11.6 Å². The van der Waals surface area contributed by atoms with Gasteiger partial charge in [0.25, 0.3) is 0 Å². The first kappa shape index (κ1) is 14.0. The average Bonchev–Trinajstić information content (AvgIpc) is 2.41. The Morgan fingerprint density at radius 3 is 2.60 bits per heavy atom. The molecule has 2 rings (SSSR count). The summed E-state index contributed by atoms with van der Waals surface area (Å²) in [6.07, 6.45) is 0. The Balaban J connectivity index is 2.32. The smallest absolute Gasteiger partial charge is 0.248 e. The molecule has 0 heterocycles. The van der Waals surface area contributed by atoms with Crippen LogP contribution in [0.3, 0.4) is 0 Å². The van der Waals surface area contributed by atoms with Gasteiger partial charge in [-0.25, -0.2) is 0 Å². The number of amides is 1. The molecule has 0 saturated carbocycles. The highest BCUT2D eigenvalue weighted by Crippen LogP contribution is 2.30. The average molecular weight is 292 g/mol. The summed E-state index contributed by atoms with van der Waals surface area (Å²) in [6.45, 7) is 0. The first-order valence-corrected chi connectivity index (χ1v) is 6.19. The maximum absolute atomic E-state index is 11.2. The van der Waals surface area contributed by atoms with Crippen molar-refractivity contribution in [2.75, 3.05) is 18.2 Å². The number of nitrogen functional groups attached to an aromatic ring is 1. The molecule has 0 bridgehead atoms. The SMILES string of the molecule is COc1ccc(Nc2cc(C(N)=O)ccc2N)cc1Cl. The van der Waals surface area contributed by atoms with Crippen LogP contribution in [0.1, 0.15) is 10.4 Å². The lowest BCUT2D eigenvalue weighted by molar-refractivity contribution is 0.100. The van der Waals surface area contributed by atoms with Gasteiger partial charge in [-0.2, -0.15) is 0 Å². The van der Waals surface area contributed by atoms with Crippen molar-refractivity contribution in [1.29, 1.82) is 0 Å². The molecule has 0 aliphatic rings. The number of ether oxygens (including phenoxy) is 1. The second kappa shape index (κ2) is 5.71. The molecule has 0 aliphatic carbocycles. The van der Waals surface area contributed by atoms with Gasteiger partial charge in [-0.05, 0) is 36.4 Å². The van der Waals surface area contributed by atoms with E-state index in [1.54, 1.807) is 43.5 Å². The van der Waals surface area contributed by atoms with Crippen molar-refractivity contribution in [3.63, 3.8) is 0 Å². The minimum atomic E-state index is -0.513. The summed E-state index contributed by atoms with van der Waals surface area (Å²) in [5.74, 6) is 0.0666. The normalized spacial score (nSPS) is 10.1. The summed E-state index contributed by atoms with van der Waals surface area (Å²) < 4.78 is 5.08. The highest BCUT2D eigenvalue weighted by atomic mass is 35.5. The number of nitrogens with one attached hydrogen (secondary N) is 1. The number of methoxy groups -OCH3 is 1. The zero-order valence-electron chi connectivity index (χ0n) is 10.8. The van der Waals surface area contributed by atoms with Gasteiger partial charge in [0, 0.05) is 11.3 Å². The summed E-state index contributed by atoms with van der Waals surface area (Å²) in [7, 11) is 1.54. The van der Waals surface area contributed by atoms with E-state index in [9.17, 15) is 4.79 Å². The van der Waals surface area contributed by atoms with Gasteiger partial charge in [0.15, 0.2) is 0 Å². The van der Waals surface area contributed by atoms with Crippen molar-refractivity contribution in [3.05, 3.63) is 47.0 Å². The van der Waals surface area contributed by atoms with Crippen molar-refractivity contribution in [2.24, 2.45) is 5.73 Å². The van der Waals surface area contributed by atoms with Crippen LogP contribution < -0.4 is 21.5 Å². The second-order valence-electron chi connectivity index (χ2n) is 4.14. The van der Waals surface area contributed by atoms with Crippen LogP contribution in [0, 0.1) is 0 Å². The highest BCUT2D eigenvalue weighted by Gasteiger charge is 2.07. The van der Waals surface area contributed by atoms with Gasteiger partial charge >= 0.3 is 0 Å². The van der Waals surface area contributed by atoms with Gasteiger partial charge in [0.2, 0.25) is 5.91 Å². The van der Waals surface area contributed by atoms with E-state index in [1.165, 1.54) is 0 Å². The van der Waals surface area contributed by atoms with Crippen LogP contribution in [0.5, 0.6) is 5.75 Å². The number of hydrogen-bond acceptors (Lipinski definition) is 4. The van der Waals surface area contributed by atoms with Crippen molar-refractivity contribution in [3.8, 4) is 5.75 Å². The van der Waals surface area contributed by atoms with Crippen molar-refractivity contribution in [1.82, 2.24) is 0 Å². The number of nitrogens with two attached hydrogens (primary N) is 2. The number of primary amides is 1. The van der Waals surface area contributed by atoms with E-state index >= 15 is 0 Å². The van der Waals surface area contributed by atoms with Crippen molar-refractivity contribution < 1.29 is 9.53 Å². The van der Waals surface area contributed by atoms with Crippen LogP contribution in [0.25, 0.3) is 0 Å². The Bertz CT molecular complexity index is 659. The van der Waals surface area contributed by atoms with E-state index in [0.29, 0.717) is 27.7 Å². The minimum absolute atomic E-state index is 0.376. The standard InChI is InChI=1S/C14H14ClN3O2/c1-20-13-5-3-9(7-10(13)15)18-12-6-8(14(17)19)2-4-11(12)16/h2-7,18H,16H2,1H3,(H2,17,19). The van der Waals surface area contributed by atoms with Gasteiger partial charge < -0.3 is 21.5 Å². The van der Waals surface area contributed by atoms with E-state index in [0.717, 1.165) is 5.69 Å². The third-order valence-electron chi connectivity index (χ3n) is 2.77. The van der Waals surface area contributed by atoms with Crippen LogP contribution in [-0.4, -0.2) is 13.0 Å². The van der Waals surface area contributed by atoms with E-state index < -0.39 is 5.91 Å². The molecule has 20 heavy (non-hydrogen) atoms. The minimum Gasteiger partial charge on any atom is -0.495 e. The molecule has 0 radical (unpaired) electrons. The monoisotopic (exact) mass is 291 g/mol. The summed E-state index contributed by atoms with van der Waals surface area (Å²) in [6, 6.07) is 10.0. The molecule has 6 heteroatoms. The Morgan fingerprint density at radius 2 is 2.00 bits per heavy atom. The fraction of sp³-hybridized carbons (Fsp3) is 0.0714. The molecule has 5 N–H and O–H groups in total. The largest absolute Gasteiger partial charge is 0.495 e. The predicted molar refractivity (Wildman–Crippen MR) is 80.7 cm³/mol. The maximum Gasteiger partial charge on any atom is 0.248 e. The summed E-state index contributed by atoms with van der Waals surface area (Å²) >= 11 is 6.05. The highest BCUT2D eigenvalue weighted by molar-refractivity contribution is 6.32. The Hall–Kier alpha value is -2.40. The number of hydrogen-bond donors (Lipinski definition) is 3. The molecule has 0 aliphatic heterocycles. The fourth-order valence-corrected chi connectivity index (χ4v) is 1.98. The fourth-order valence-electron chi connectivity index (χ4n) is 1.72. The number of halogens is 1. The summed E-state index contributed by atoms with van der Waals surface area (Å²) in [5, 5.41) is 3.56. The molecule has 0 atom stereocenters. The molecule has 2 aromatic rings. The zero-order valence-corrected chi connectivity index (χ0v) is 11.6. The van der Waals surface area contributed by atoms with Gasteiger partial charge in [0.05, 0.1) is 23.5 Å². The number of carbonyl (C=O) groups is 1. The van der Waals surface area contributed by atoms with E-state index in [4.69, 9.17) is 27.8 Å². The quantitative estimate of drug-likeness (QED) is 0.756. The molecule has 0 saturated heterocycles. The molecule has 0 aromatic heterocycles. The molecule has 104 valence electrons. The van der Waals surface area contributed by atoms with Crippen LogP contribution in [0.15, 0.2) is 36.4 Å². The lowest BCUT2D eigenvalue weighted by atomic mass is 10.1. The van der Waals surface area contributed by atoms with Crippen LogP contribution in [0.4, 0.5) is 17.1 Å². The first-order chi connectivity index (χ1) is 9.51. The van der Waals surface area contributed by atoms with Gasteiger partial charge in [-0.15, -0.1) is 0 Å². The number of benzene rings is 2. The first-order valence-electron chi connectivity index (χ1n) is 5.81. The molecular weight excluding hydrogens is 278 g/mol. The number of anilines is 3. The van der Waals surface area contributed by atoms with Crippen LogP contribution in [0.2, 0.25) is 5.02 Å². The maximum atomic E-state index is 11.2. The number of rotatable bonds is 4. The lowest BCUT2D eigenvalue weighted by Crippen LogP contribution is -2.11. The number of carbonyl (C=O) groups excluding carboxylic acids is 1. The zero-order chi connectivity index (χ0) is 14.7. The van der Waals surface area contributed by atoms with Crippen LogP contribution in [-0.2, 0) is 0 Å². The van der Waals surface area contributed by atoms with Gasteiger partial charge in [-0.1, -0.05) is 11.6 Å². The second-order valence-corrected chi connectivity index (χ2v) is 4.55. The van der Waals surface area contributed by atoms with Crippen molar-refractivity contribution >= 4 is 34.6 Å². The Kier molecular flexibility index (Phi) is 4.00. The predicted octanol–water partition coefficient (Wildman–Crippen LogP) is 2.77. The Morgan fingerprint density at radius 1 is 1.25 bits per heavy atom. The molecule has 0 spiro atoms. The topological polar surface area (TPSA) is 90.4 Å². The molecule has 0 fully saturated rings. The van der Waals surface area contributed by atoms with Gasteiger partial charge in [-0.3, -0.25) is 4.79 Å². The van der Waals surface area contributed by atoms with E-state index in [2.05, 4.69) is 5.32 Å². The molecule has 5 nitrogen and oxygen atoms in total. The van der Waals surface area contributed by atoms with E-state index in [1.807, 2.05) is 0 Å². The molecule has 2 aromatic carbocycles. The molecular formula is C14H14ClN3O2. The van der Waals surface area contributed by atoms with Gasteiger partial charge in [0.1, 0.15) is 5.75 Å². The van der Waals surface area contributed by atoms with Crippen molar-refractivity contribution in [2.45, 2.75) is 0 Å². The third kappa shape index (κ3) is 2.95. The summed E-state index contributed by atoms with van der Waals surface area (Å²) in [5.41, 5.74) is 13.3. The Labute approximate surface area is 121 Å². The third-order valence-corrected chi connectivity index (χ3v) is 3.06. The summed E-state index contributed by atoms with van der Waals surface area (Å²) in [4.78, 5) is 11.2. The molecule has 1 amide bonds.